The van der Waals surface area contributed by atoms with E-state index in [2.05, 4.69) is 29.4 Å². The van der Waals surface area contributed by atoms with E-state index in [9.17, 15) is 4.79 Å². The van der Waals surface area contributed by atoms with Gasteiger partial charge in [0.1, 0.15) is 0 Å². The van der Waals surface area contributed by atoms with Gasteiger partial charge in [0.15, 0.2) is 0 Å². The third kappa shape index (κ3) is 6.57. The van der Waals surface area contributed by atoms with Crippen molar-refractivity contribution in [1.82, 2.24) is 10.2 Å². The number of halogens is 2. The van der Waals surface area contributed by atoms with E-state index in [-0.39, 0.29) is 30.7 Å². The molecule has 1 saturated heterocycles. The van der Waals surface area contributed by atoms with Gasteiger partial charge in [0.2, 0.25) is 5.91 Å². The Bertz CT molecular complexity index is 468. The predicted octanol–water partition coefficient (Wildman–Crippen LogP) is 1.83. The lowest BCUT2D eigenvalue weighted by molar-refractivity contribution is -0.135. The SMILES string of the molecule is CN(CCNC(=O)C1(CN)CCOCC1)Cc1ccccc1.Cl.Cl. The van der Waals surface area contributed by atoms with Crippen LogP contribution in [-0.2, 0) is 16.1 Å². The summed E-state index contributed by atoms with van der Waals surface area (Å²) in [6, 6.07) is 10.3. The Morgan fingerprint density at radius 1 is 1.25 bits per heavy atom. The predicted molar refractivity (Wildman–Crippen MR) is 102 cm³/mol. The Hall–Kier alpha value is -0.850. The summed E-state index contributed by atoms with van der Waals surface area (Å²) >= 11 is 0. The molecule has 0 atom stereocenters. The van der Waals surface area contributed by atoms with Crippen molar-refractivity contribution in [2.45, 2.75) is 19.4 Å². The number of hydrogen-bond donors (Lipinski definition) is 2. The summed E-state index contributed by atoms with van der Waals surface area (Å²) in [5.41, 5.74) is 6.69. The fourth-order valence-electron chi connectivity index (χ4n) is 2.81. The molecule has 0 bridgehead atoms. The molecule has 24 heavy (non-hydrogen) atoms. The lowest BCUT2D eigenvalue weighted by Crippen LogP contribution is -2.50. The van der Waals surface area contributed by atoms with E-state index >= 15 is 0 Å². The van der Waals surface area contributed by atoms with Gasteiger partial charge in [0, 0.05) is 39.4 Å². The second-order valence-electron chi connectivity index (χ2n) is 6.08. The number of nitrogens with one attached hydrogen (secondary N) is 1. The summed E-state index contributed by atoms with van der Waals surface area (Å²) in [5, 5.41) is 3.04. The molecule has 1 heterocycles. The number of ether oxygens (including phenoxy) is 1. The molecule has 0 unspecified atom stereocenters. The molecule has 1 aromatic carbocycles. The molecule has 0 spiro atoms. The lowest BCUT2D eigenvalue weighted by Gasteiger charge is -2.34. The molecular weight excluding hydrogens is 349 g/mol. The minimum atomic E-state index is -0.434. The van der Waals surface area contributed by atoms with Crippen LogP contribution in [0.4, 0.5) is 0 Å². The maximum absolute atomic E-state index is 12.4. The summed E-state index contributed by atoms with van der Waals surface area (Å²) in [6.45, 7) is 3.98. The van der Waals surface area contributed by atoms with Gasteiger partial charge in [-0.2, -0.15) is 0 Å². The van der Waals surface area contributed by atoms with E-state index in [0.717, 1.165) is 25.9 Å². The van der Waals surface area contributed by atoms with Gasteiger partial charge in [-0.3, -0.25) is 4.79 Å². The van der Waals surface area contributed by atoms with Crippen LogP contribution in [-0.4, -0.2) is 50.7 Å². The van der Waals surface area contributed by atoms with Crippen LogP contribution in [0.2, 0.25) is 0 Å². The molecule has 0 aromatic heterocycles. The van der Waals surface area contributed by atoms with E-state index < -0.39 is 5.41 Å². The van der Waals surface area contributed by atoms with Crippen molar-refractivity contribution in [1.29, 1.82) is 0 Å². The van der Waals surface area contributed by atoms with Crippen LogP contribution < -0.4 is 11.1 Å². The first-order valence-corrected chi connectivity index (χ1v) is 7.95. The van der Waals surface area contributed by atoms with E-state index in [1.165, 1.54) is 5.56 Å². The highest BCUT2D eigenvalue weighted by atomic mass is 35.5. The van der Waals surface area contributed by atoms with Gasteiger partial charge in [-0.05, 0) is 25.5 Å². The summed E-state index contributed by atoms with van der Waals surface area (Å²) in [5.74, 6) is 0.0754. The Morgan fingerprint density at radius 3 is 2.46 bits per heavy atom. The van der Waals surface area contributed by atoms with E-state index in [4.69, 9.17) is 10.5 Å². The van der Waals surface area contributed by atoms with Gasteiger partial charge in [-0.15, -0.1) is 24.8 Å². The Balaban J connectivity index is 0.00000264. The standard InChI is InChI=1S/C17H27N3O2.2ClH/c1-20(13-15-5-3-2-4-6-15)10-9-19-16(21)17(14-18)7-11-22-12-8-17;;/h2-6H,7-14,18H2,1H3,(H,19,21);2*1H. The molecule has 1 amide bonds. The fraction of sp³-hybridized carbons (Fsp3) is 0.588. The molecule has 0 radical (unpaired) electrons. The number of hydrogen-bond acceptors (Lipinski definition) is 4. The second kappa shape index (κ2) is 11.7. The van der Waals surface area contributed by atoms with Gasteiger partial charge in [-0.25, -0.2) is 0 Å². The zero-order valence-electron chi connectivity index (χ0n) is 14.2. The molecule has 1 fully saturated rings. The minimum absolute atomic E-state index is 0. The molecule has 1 aliphatic rings. The summed E-state index contributed by atoms with van der Waals surface area (Å²) in [6.07, 6.45) is 1.43. The van der Waals surface area contributed by atoms with Crippen molar-refractivity contribution in [3.8, 4) is 0 Å². The molecular formula is C17H29Cl2N3O2. The first-order chi connectivity index (χ1) is 10.7. The third-order valence-electron chi connectivity index (χ3n) is 4.40. The van der Waals surface area contributed by atoms with Crippen molar-refractivity contribution in [2.24, 2.45) is 11.1 Å². The largest absolute Gasteiger partial charge is 0.381 e. The van der Waals surface area contributed by atoms with E-state index in [0.29, 0.717) is 26.3 Å². The van der Waals surface area contributed by atoms with Gasteiger partial charge < -0.3 is 20.7 Å². The number of nitrogens with zero attached hydrogens (tertiary/aromatic N) is 1. The van der Waals surface area contributed by atoms with Crippen molar-refractivity contribution in [2.75, 3.05) is 39.9 Å². The smallest absolute Gasteiger partial charge is 0.227 e. The summed E-state index contributed by atoms with van der Waals surface area (Å²) in [4.78, 5) is 14.6. The van der Waals surface area contributed by atoms with Crippen LogP contribution in [0.25, 0.3) is 0 Å². The number of carbonyl (C=O) groups is 1. The minimum Gasteiger partial charge on any atom is -0.381 e. The zero-order valence-corrected chi connectivity index (χ0v) is 15.8. The Morgan fingerprint density at radius 2 is 1.88 bits per heavy atom. The number of carbonyl (C=O) groups excluding carboxylic acids is 1. The van der Waals surface area contributed by atoms with Gasteiger partial charge >= 0.3 is 0 Å². The first kappa shape index (κ1) is 23.1. The molecule has 7 heteroatoms. The van der Waals surface area contributed by atoms with Crippen LogP contribution in [0.1, 0.15) is 18.4 Å². The molecule has 138 valence electrons. The number of nitrogens with two attached hydrogens (primary N) is 1. The first-order valence-electron chi connectivity index (χ1n) is 7.95. The summed E-state index contributed by atoms with van der Waals surface area (Å²) in [7, 11) is 2.06. The number of benzene rings is 1. The monoisotopic (exact) mass is 377 g/mol. The molecule has 3 N–H and O–H groups in total. The highest BCUT2D eigenvalue weighted by Gasteiger charge is 2.38. The highest BCUT2D eigenvalue weighted by Crippen LogP contribution is 2.29. The van der Waals surface area contributed by atoms with Gasteiger partial charge in [-0.1, -0.05) is 30.3 Å². The highest BCUT2D eigenvalue weighted by molar-refractivity contribution is 5.85. The van der Waals surface area contributed by atoms with Gasteiger partial charge in [0.25, 0.3) is 0 Å². The second-order valence-corrected chi connectivity index (χ2v) is 6.08. The van der Waals surface area contributed by atoms with E-state index in [1.54, 1.807) is 0 Å². The Kier molecular flexibility index (Phi) is 11.2. The van der Waals surface area contributed by atoms with Crippen molar-refractivity contribution in [3.63, 3.8) is 0 Å². The Labute approximate surface area is 157 Å². The van der Waals surface area contributed by atoms with Crippen LogP contribution in [0.15, 0.2) is 30.3 Å². The third-order valence-corrected chi connectivity index (χ3v) is 4.40. The van der Waals surface area contributed by atoms with Crippen LogP contribution in [0, 0.1) is 5.41 Å². The molecule has 0 saturated carbocycles. The van der Waals surface area contributed by atoms with E-state index in [1.807, 2.05) is 18.2 Å². The summed E-state index contributed by atoms with van der Waals surface area (Å²) < 4.78 is 5.34. The molecule has 1 aromatic rings. The maximum Gasteiger partial charge on any atom is 0.227 e. The normalized spacial score (nSPS) is 16.0. The quantitative estimate of drug-likeness (QED) is 0.760. The number of likely N-dealkylation sites (N-methyl/N-ethyl adjacent to an activating group) is 1. The van der Waals surface area contributed by atoms with Crippen molar-refractivity contribution in [3.05, 3.63) is 35.9 Å². The van der Waals surface area contributed by atoms with Crippen molar-refractivity contribution >= 4 is 30.7 Å². The molecule has 1 aliphatic heterocycles. The van der Waals surface area contributed by atoms with Crippen LogP contribution in [0.3, 0.4) is 0 Å². The topological polar surface area (TPSA) is 67.6 Å². The van der Waals surface area contributed by atoms with Crippen molar-refractivity contribution < 1.29 is 9.53 Å². The molecule has 0 aliphatic carbocycles. The average molecular weight is 378 g/mol. The maximum atomic E-state index is 12.4. The zero-order chi connectivity index (χ0) is 15.8. The number of rotatable bonds is 7. The van der Waals surface area contributed by atoms with Gasteiger partial charge in [0.05, 0.1) is 5.41 Å². The van der Waals surface area contributed by atoms with Crippen LogP contribution >= 0.6 is 24.8 Å². The average Bonchev–Trinajstić information content (AvgIpc) is 2.56. The molecule has 2 rings (SSSR count). The number of amides is 1. The fourth-order valence-corrected chi connectivity index (χ4v) is 2.81. The molecule has 5 nitrogen and oxygen atoms in total. The lowest BCUT2D eigenvalue weighted by atomic mass is 9.79. The van der Waals surface area contributed by atoms with Crippen LogP contribution in [0.5, 0.6) is 0 Å².